The Kier molecular flexibility index (Phi) is 2.90. The molecule has 0 saturated heterocycles. The zero-order valence-corrected chi connectivity index (χ0v) is 12.1. The summed E-state index contributed by atoms with van der Waals surface area (Å²) in [4.78, 5) is 4.79. The van der Waals surface area contributed by atoms with E-state index in [1.165, 1.54) is 36.6 Å². The van der Waals surface area contributed by atoms with E-state index < -0.39 is 0 Å². The summed E-state index contributed by atoms with van der Waals surface area (Å²) in [7, 11) is 0. The quantitative estimate of drug-likeness (QED) is 0.891. The van der Waals surface area contributed by atoms with Crippen molar-refractivity contribution in [2.24, 2.45) is 17.8 Å². The van der Waals surface area contributed by atoms with Crippen LogP contribution in [0.4, 0.5) is 5.82 Å². The van der Waals surface area contributed by atoms with Crippen molar-refractivity contribution in [3.05, 3.63) is 35.9 Å². The van der Waals surface area contributed by atoms with Crippen molar-refractivity contribution in [3.63, 3.8) is 0 Å². The van der Waals surface area contributed by atoms with E-state index >= 15 is 0 Å². The largest absolute Gasteiger partial charge is 0.370 e. The van der Waals surface area contributed by atoms with Crippen LogP contribution in [-0.4, -0.2) is 11.5 Å². The molecule has 2 bridgehead atoms. The van der Waals surface area contributed by atoms with Crippen LogP contribution in [0.5, 0.6) is 0 Å². The number of hydrogen-bond donors (Lipinski definition) is 1. The molecule has 1 aromatic heterocycles. The molecule has 1 aromatic carbocycles. The number of aryl methyl sites for hydroxylation is 1. The minimum absolute atomic E-state index is 0.876. The molecule has 0 radical (unpaired) electrons. The molecular formula is C18H22N2. The molecule has 2 saturated carbocycles. The minimum Gasteiger partial charge on any atom is -0.370 e. The van der Waals surface area contributed by atoms with Gasteiger partial charge in [0.05, 0.1) is 5.52 Å². The molecule has 2 aliphatic carbocycles. The number of hydrogen-bond acceptors (Lipinski definition) is 2. The zero-order valence-electron chi connectivity index (χ0n) is 12.1. The van der Waals surface area contributed by atoms with Crippen LogP contribution < -0.4 is 5.32 Å². The number of rotatable bonds is 3. The van der Waals surface area contributed by atoms with Crippen LogP contribution in [0.3, 0.4) is 0 Å². The number of anilines is 1. The second-order valence-corrected chi connectivity index (χ2v) is 6.66. The highest BCUT2D eigenvalue weighted by Crippen LogP contribution is 2.48. The van der Waals surface area contributed by atoms with Crippen molar-refractivity contribution in [2.75, 3.05) is 11.9 Å². The molecular weight excluding hydrogens is 244 g/mol. The van der Waals surface area contributed by atoms with Gasteiger partial charge in [0.15, 0.2) is 0 Å². The number of benzene rings is 1. The fraction of sp³-hybridized carbons (Fsp3) is 0.500. The first-order valence-electron chi connectivity index (χ1n) is 7.90. The number of pyridine rings is 1. The molecule has 0 aliphatic heterocycles. The molecule has 2 aliphatic rings. The number of nitrogens with one attached hydrogen (secondary N) is 1. The number of aromatic nitrogens is 1. The monoisotopic (exact) mass is 266 g/mol. The first kappa shape index (κ1) is 12.2. The Balaban J connectivity index is 1.52. The first-order chi connectivity index (χ1) is 9.79. The third-order valence-electron chi connectivity index (χ3n) is 5.33. The van der Waals surface area contributed by atoms with E-state index in [4.69, 9.17) is 4.98 Å². The van der Waals surface area contributed by atoms with Crippen molar-refractivity contribution in [1.82, 2.24) is 4.98 Å². The Morgan fingerprint density at radius 1 is 1.20 bits per heavy atom. The van der Waals surface area contributed by atoms with E-state index in [2.05, 4.69) is 42.6 Å². The summed E-state index contributed by atoms with van der Waals surface area (Å²) in [5, 5.41) is 4.85. The predicted octanol–water partition coefficient (Wildman–Crippen LogP) is 4.39. The van der Waals surface area contributed by atoms with Gasteiger partial charge >= 0.3 is 0 Å². The van der Waals surface area contributed by atoms with Crippen LogP contribution in [0.15, 0.2) is 30.3 Å². The van der Waals surface area contributed by atoms with Crippen LogP contribution in [0.2, 0.25) is 0 Å². The van der Waals surface area contributed by atoms with Crippen molar-refractivity contribution >= 4 is 16.7 Å². The van der Waals surface area contributed by atoms with Crippen molar-refractivity contribution in [1.29, 1.82) is 0 Å². The van der Waals surface area contributed by atoms with Gasteiger partial charge in [0, 0.05) is 11.9 Å². The van der Waals surface area contributed by atoms with Gasteiger partial charge in [-0.2, -0.15) is 0 Å². The van der Waals surface area contributed by atoms with Crippen LogP contribution >= 0.6 is 0 Å². The lowest BCUT2D eigenvalue weighted by atomic mass is 9.89. The number of fused-ring (bicyclic) bond motifs is 3. The Morgan fingerprint density at radius 2 is 2.10 bits per heavy atom. The third-order valence-corrected chi connectivity index (χ3v) is 5.33. The lowest BCUT2D eigenvalue weighted by molar-refractivity contribution is 0.348. The third kappa shape index (κ3) is 2.07. The van der Waals surface area contributed by atoms with Crippen LogP contribution in [0, 0.1) is 24.7 Å². The van der Waals surface area contributed by atoms with Crippen molar-refractivity contribution in [3.8, 4) is 0 Å². The molecule has 1 N–H and O–H groups in total. The maximum Gasteiger partial charge on any atom is 0.129 e. The standard InChI is InChI=1S/C18H22N2/c1-12-8-15-4-2-3-5-17(15)20-18(12)19-11-16-10-13-6-7-14(16)9-13/h2-5,8,13-14,16H,6-7,9-11H2,1H3,(H,19,20). The fourth-order valence-corrected chi connectivity index (χ4v) is 4.25. The molecule has 3 atom stereocenters. The Labute approximate surface area is 120 Å². The molecule has 2 fully saturated rings. The van der Waals surface area contributed by atoms with Gasteiger partial charge in [-0.1, -0.05) is 24.6 Å². The van der Waals surface area contributed by atoms with E-state index in [0.717, 1.165) is 35.6 Å². The molecule has 2 heteroatoms. The molecule has 104 valence electrons. The molecule has 3 unspecified atom stereocenters. The van der Waals surface area contributed by atoms with Crippen LogP contribution in [-0.2, 0) is 0 Å². The van der Waals surface area contributed by atoms with E-state index in [1.807, 2.05) is 0 Å². The summed E-state index contributed by atoms with van der Waals surface area (Å²) in [6.45, 7) is 3.26. The summed E-state index contributed by atoms with van der Waals surface area (Å²) in [5.74, 6) is 3.96. The highest BCUT2D eigenvalue weighted by molar-refractivity contribution is 5.81. The van der Waals surface area contributed by atoms with Crippen molar-refractivity contribution < 1.29 is 0 Å². The smallest absolute Gasteiger partial charge is 0.129 e. The van der Waals surface area contributed by atoms with Gasteiger partial charge < -0.3 is 5.32 Å². The highest BCUT2D eigenvalue weighted by atomic mass is 15.0. The van der Waals surface area contributed by atoms with Gasteiger partial charge in [0.1, 0.15) is 5.82 Å². The summed E-state index contributed by atoms with van der Waals surface area (Å²) in [6, 6.07) is 10.6. The predicted molar refractivity (Wildman–Crippen MR) is 83.9 cm³/mol. The second kappa shape index (κ2) is 4.76. The number of para-hydroxylation sites is 1. The molecule has 0 amide bonds. The van der Waals surface area contributed by atoms with E-state index in [0.29, 0.717) is 0 Å². The summed E-state index contributed by atoms with van der Waals surface area (Å²) in [6.07, 6.45) is 5.86. The maximum absolute atomic E-state index is 4.79. The van der Waals surface area contributed by atoms with Gasteiger partial charge in [-0.3, -0.25) is 0 Å². The van der Waals surface area contributed by atoms with Gasteiger partial charge in [0.2, 0.25) is 0 Å². The number of nitrogens with zero attached hydrogens (tertiary/aromatic N) is 1. The van der Waals surface area contributed by atoms with E-state index in [-0.39, 0.29) is 0 Å². The molecule has 0 spiro atoms. The first-order valence-corrected chi connectivity index (χ1v) is 7.90. The van der Waals surface area contributed by atoms with Gasteiger partial charge in [0.25, 0.3) is 0 Å². The zero-order chi connectivity index (χ0) is 13.5. The normalized spacial score (nSPS) is 28.1. The summed E-state index contributed by atoms with van der Waals surface area (Å²) < 4.78 is 0. The molecule has 2 nitrogen and oxygen atoms in total. The molecule has 20 heavy (non-hydrogen) atoms. The second-order valence-electron chi connectivity index (χ2n) is 6.66. The summed E-state index contributed by atoms with van der Waals surface area (Å²) >= 11 is 0. The topological polar surface area (TPSA) is 24.9 Å². The lowest BCUT2D eigenvalue weighted by Crippen LogP contribution is -2.20. The van der Waals surface area contributed by atoms with Gasteiger partial charge in [-0.05, 0) is 61.6 Å². The Hall–Kier alpha value is -1.57. The SMILES string of the molecule is Cc1cc2ccccc2nc1NCC1CC2CCC1C2. The summed E-state index contributed by atoms with van der Waals surface area (Å²) in [5.41, 5.74) is 2.35. The van der Waals surface area contributed by atoms with Crippen molar-refractivity contribution in [2.45, 2.75) is 32.6 Å². The average molecular weight is 266 g/mol. The molecule has 4 rings (SSSR count). The van der Waals surface area contributed by atoms with Gasteiger partial charge in [-0.25, -0.2) is 4.98 Å². The Morgan fingerprint density at radius 3 is 2.90 bits per heavy atom. The van der Waals surface area contributed by atoms with E-state index in [1.54, 1.807) is 0 Å². The maximum atomic E-state index is 4.79. The van der Waals surface area contributed by atoms with E-state index in [9.17, 15) is 0 Å². The van der Waals surface area contributed by atoms with Crippen LogP contribution in [0.25, 0.3) is 10.9 Å². The fourth-order valence-electron chi connectivity index (χ4n) is 4.25. The molecule has 1 heterocycles. The van der Waals surface area contributed by atoms with Gasteiger partial charge in [-0.15, -0.1) is 0 Å². The average Bonchev–Trinajstić information content (AvgIpc) is 3.07. The minimum atomic E-state index is 0.876. The lowest BCUT2D eigenvalue weighted by Gasteiger charge is -2.22. The Bertz CT molecular complexity index is 634. The molecule has 2 aromatic rings. The van der Waals surface area contributed by atoms with Crippen LogP contribution in [0.1, 0.15) is 31.2 Å². The highest BCUT2D eigenvalue weighted by Gasteiger charge is 2.39.